The van der Waals surface area contributed by atoms with E-state index in [1.54, 1.807) is 0 Å². The Morgan fingerprint density at radius 2 is 2.39 bits per heavy atom. The number of hydrogen-bond acceptors (Lipinski definition) is 6. The van der Waals surface area contributed by atoms with Gasteiger partial charge in [0.1, 0.15) is 18.3 Å². The van der Waals surface area contributed by atoms with E-state index in [1.807, 2.05) is 0 Å². The number of ether oxygens (including phenoxy) is 1. The van der Waals surface area contributed by atoms with Gasteiger partial charge in [-0.3, -0.25) is 9.59 Å². The van der Waals surface area contributed by atoms with E-state index in [0.717, 1.165) is 0 Å². The fourth-order valence-corrected chi connectivity index (χ4v) is 1.20. The number of carbonyl (C=O) groups is 2. The monoisotopic (exact) mass is 257 g/mol. The van der Waals surface area contributed by atoms with Gasteiger partial charge in [0.05, 0.1) is 19.3 Å². The summed E-state index contributed by atoms with van der Waals surface area (Å²) in [6.07, 6.45) is 1.44. The molecule has 100 valence electrons. The van der Waals surface area contributed by atoms with Crippen LogP contribution in [0.25, 0.3) is 0 Å². The lowest BCUT2D eigenvalue weighted by Crippen LogP contribution is -2.43. The summed E-state index contributed by atoms with van der Waals surface area (Å²) >= 11 is 0. The predicted molar refractivity (Wildman–Crippen MR) is 59.4 cm³/mol. The van der Waals surface area contributed by atoms with E-state index in [2.05, 4.69) is 15.6 Å². The molecule has 1 atom stereocenters. The number of hydrogen-bond donors (Lipinski definition) is 3. The molecule has 4 N–H and O–H groups in total. The van der Waals surface area contributed by atoms with Crippen molar-refractivity contribution in [3.05, 3.63) is 11.9 Å². The first kappa shape index (κ1) is 14.1. The maximum absolute atomic E-state index is 11.4. The highest BCUT2D eigenvalue weighted by Crippen LogP contribution is 1.93. The zero-order valence-electron chi connectivity index (χ0n) is 9.87. The summed E-state index contributed by atoms with van der Waals surface area (Å²) in [5.41, 5.74) is 5.96. The van der Waals surface area contributed by atoms with Crippen molar-refractivity contribution >= 4 is 11.9 Å². The average Bonchev–Trinajstić information content (AvgIpc) is 2.73. The molecule has 1 heterocycles. The van der Waals surface area contributed by atoms with E-state index < -0.39 is 12.0 Å². The molecule has 0 aromatic carbocycles. The van der Waals surface area contributed by atoms with E-state index in [4.69, 9.17) is 15.6 Å². The first-order valence-electron chi connectivity index (χ1n) is 5.16. The van der Waals surface area contributed by atoms with Gasteiger partial charge in [0.15, 0.2) is 0 Å². The van der Waals surface area contributed by atoms with E-state index >= 15 is 0 Å². The van der Waals surface area contributed by atoms with Gasteiger partial charge < -0.3 is 20.9 Å². The second-order valence-corrected chi connectivity index (χ2v) is 3.58. The molecule has 0 radical (unpaired) electrons. The third kappa shape index (κ3) is 4.47. The third-order valence-electron chi connectivity index (χ3n) is 2.01. The van der Waals surface area contributed by atoms with Gasteiger partial charge in [-0.2, -0.15) is 0 Å². The van der Waals surface area contributed by atoms with Crippen molar-refractivity contribution in [2.24, 2.45) is 5.73 Å². The zero-order valence-corrected chi connectivity index (χ0v) is 9.87. The van der Waals surface area contributed by atoms with E-state index in [9.17, 15) is 9.59 Å². The Hall–Kier alpha value is -2.00. The highest BCUT2D eigenvalue weighted by atomic mass is 16.5. The zero-order chi connectivity index (χ0) is 13.5. The van der Waals surface area contributed by atoms with Crippen LogP contribution in [0.3, 0.4) is 0 Å². The van der Waals surface area contributed by atoms with Gasteiger partial charge in [-0.1, -0.05) is 5.21 Å². The van der Waals surface area contributed by atoms with E-state index in [1.165, 1.54) is 18.0 Å². The number of amides is 1. The highest BCUT2D eigenvalue weighted by Gasteiger charge is 2.13. The average molecular weight is 257 g/mol. The number of carboxylic acids is 1. The topological polar surface area (TPSA) is 132 Å². The highest BCUT2D eigenvalue weighted by molar-refractivity contribution is 5.81. The smallest absolute Gasteiger partial charge is 0.325 e. The largest absolute Gasteiger partial charge is 0.480 e. The van der Waals surface area contributed by atoms with Crippen molar-refractivity contribution in [2.45, 2.75) is 19.1 Å². The minimum atomic E-state index is -1.02. The van der Waals surface area contributed by atoms with Crippen LogP contribution in [-0.2, 0) is 27.4 Å². The van der Waals surface area contributed by atoms with Gasteiger partial charge in [0, 0.05) is 7.11 Å². The molecule has 9 heteroatoms. The second kappa shape index (κ2) is 6.67. The van der Waals surface area contributed by atoms with Crippen molar-refractivity contribution in [2.75, 3.05) is 13.7 Å². The summed E-state index contributed by atoms with van der Waals surface area (Å²) in [6.45, 7) is -0.0163. The molecule has 0 bridgehead atoms. The summed E-state index contributed by atoms with van der Waals surface area (Å²) in [4.78, 5) is 21.8. The van der Waals surface area contributed by atoms with Crippen LogP contribution in [0.2, 0.25) is 0 Å². The molecule has 1 aromatic heterocycles. The van der Waals surface area contributed by atoms with Crippen molar-refractivity contribution < 1.29 is 19.4 Å². The lowest BCUT2D eigenvalue weighted by Gasteiger charge is -2.09. The van der Waals surface area contributed by atoms with Crippen LogP contribution in [0.5, 0.6) is 0 Å². The minimum Gasteiger partial charge on any atom is -0.480 e. The lowest BCUT2D eigenvalue weighted by molar-refractivity contribution is -0.138. The van der Waals surface area contributed by atoms with Gasteiger partial charge in [-0.05, 0) is 0 Å². The quantitative estimate of drug-likeness (QED) is 0.512. The molecular weight excluding hydrogens is 242 g/mol. The van der Waals surface area contributed by atoms with Gasteiger partial charge in [0.25, 0.3) is 0 Å². The fraction of sp³-hybridized carbons (Fsp3) is 0.556. The van der Waals surface area contributed by atoms with Crippen LogP contribution in [0, 0.1) is 0 Å². The maximum atomic E-state index is 11.4. The number of aliphatic carboxylic acids is 1. The summed E-state index contributed by atoms with van der Waals surface area (Å²) in [6, 6.07) is -0.746. The molecule has 0 aliphatic carbocycles. The molecule has 1 amide bonds. The number of carbonyl (C=O) groups excluding carboxylic acids is 1. The molecule has 18 heavy (non-hydrogen) atoms. The Balaban J connectivity index is 2.41. The number of aromatic nitrogens is 3. The lowest BCUT2D eigenvalue weighted by atomic mass is 10.3. The molecule has 0 saturated carbocycles. The Labute approximate surface area is 103 Å². The van der Waals surface area contributed by atoms with Gasteiger partial charge >= 0.3 is 5.97 Å². The normalized spacial score (nSPS) is 12.1. The standard InChI is InChI=1S/C9H15N5O4/c1-18-5-7(10)9(17)11-2-6-3-14(13-12-6)4-8(15)16/h3,7H,2,4-5,10H2,1H3,(H,11,17)(H,15,16). The Morgan fingerprint density at radius 1 is 1.67 bits per heavy atom. The number of rotatable bonds is 7. The van der Waals surface area contributed by atoms with Crippen LogP contribution in [0.15, 0.2) is 6.20 Å². The van der Waals surface area contributed by atoms with E-state index in [-0.39, 0.29) is 25.6 Å². The van der Waals surface area contributed by atoms with Crippen LogP contribution in [0.1, 0.15) is 5.69 Å². The van der Waals surface area contributed by atoms with Crippen LogP contribution >= 0.6 is 0 Å². The number of nitrogens with two attached hydrogens (primary N) is 1. The van der Waals surface area contributed by atoms with Crippen molar-refractivity contribution in [3.63, 3.8) is 0 Å². The number of carboxylic acid groups (broad SMARTS) is 1. The fourth-order valence-electron chi connectivity index (χ4n) is 1.20. The second-order valence-electron chi connectivity index (χ2n) is 3.58. The van der Waals surface area contributed by atoms with Gasteiger partial charge in [-0.15, -0.1) is 5.10 Å². The van der Waals surface area contributed by atoms with Gasteiger partial charge in [0.2, 0.25) is 5.91 Å². The number of methoxy groups -OCH3 is 1. The summed E-state index contributed by atoms with van der Waals surface area (Å²) < 4.78 is 5.91. The Morgan fingerprint density at radius 3 is 3.00 bits per heavy atom. The molecule has 0 aliphatic heterocycles. The molecule has 1 aromatic rings. The van der Waals surface area contributed by atoms with Crippen LogP contribution in [0.4, 0.5) is 0 Å². The molecule has 0 fully saturated rings. The Kier molecular flexibility index (Phi) is 5.21. The van der Waals surface area contributed by atoms with Crippen molar-refractivity contribution in [3.8, 4) is 0 Å². The molecule has 9 nitrogen and oxygen atoms in total. The maximum Gasteiger partial charge on any atom is 0.325 e. The number of nitrogens with zero attached hydrogens (tertiary/aromatic N) is 3. The third-order valence-corrected chi connectivity index (χ3v) is 2.01. The van der Waals surface area contributed by atoms with Crippen LogP contribution < -0.4 is 11.1 Å². The van der Waals surface area contributed by atoms with E-state index in [0.29, 0.717) is 5.69 Å². The first-order valence-corrected chi connectivity index (χ1v) is 5.16. The molecule has 1 unspecified atom stereocenters. The summed E-state index contributed by atoms with van der Waals surface area (Å²) in [5, 5.41) is 18.4. The summed E-state index contributed by atoms with van der Waals surface area (Å²) in [5.74, 6) is -1.39. The molecule has 0 saturated heterocycles. The minimum absolute atomic E-state index is 0.123. The molecule has 0 spiro atoms. The number of nitrogens with one attached hydrogen (secondary N) is 1. The van der Waals surface area contributed by atoms with Gasteiger partial charge in [-0.25, -0.2) is 4.68 Å². The summed E-state index contributed by atoms with van der Waals surface area (Å²) in [7, 11) is 1.45. The molecule has 0 aliphatic rings. The molecule has 1 rings (SSSR count). The SMILES string of the molecule is COCC(N)C(=O)NCc1cn(CC(=O)O)nn1. The Bertz CT molecular complexity index is 419. The van der Waals surface area contributed by atoms with Crippen molar-refractivity contribution in [1.82, 2.24) is 20.3 Å². The first-order chi connectivity index (χ1) is 8.52. The molecular formula is C9H15N5O4. The van der Waals surface area contributed by atoms with Crippen molar-refractivity contribution in [1.29, 1.82) is 0 Å². The van der Waals surface area contributed by atoms with Crippen LogP contribution in [-0.4, -0.2) is 51.7 Å². The predicted octanol–water partition coefficient (Wildman–Crippen LogP) is -2.05.